The molecule has 3 saturated heterocycles. The summed E-state index contributed by atoms with van der Waals surface area (Å²) in [6.07, 6.45) is -20.4. The predicted molar refractivity (Wildman–Crippen MR) is 111 cm³/mol. The third kappa shape index (κ3) is 5.84. The SMILES string of the molecule is [N-]=[N+]=NCC1O[C@H](O[C@@H]2C(O)[C@@H](O[C@@H]3OC(CN)[C@H](O)C(O)[C@H]3O)C(N)O[C@H]2N)C(O)[C@@H](N)[C@@H]1O. The molecule has 0 aromatic carbocycles. The first-order valence-corrected chi connectivity index (χ1v) is 10.8. The van der Waals surface area contributed by atoms with E-state index in [1.165, 1.54) is 0 Å². The number of azide groups is 1. The molecule has 3 aliphatic rings. The van der Waals surface area contributed by atoms with E-state index in [0.29, 0.717) is 0 Å². The average molecular weight is 511 g/mol. The number of nitrogens with zero attached hydrogens (tertiary/aromatic N) is 3. The Bertz CT molecular complexity index is 749. The second-order valence-electron chi connectivity index (χ2n) is 8.52. The molecule has 0 amide bonds. The van der Waals surface area contributed by atoms with Gasteiger partial charge in [-0.05, 0) is 5.53 Å². The maximum Gasteiger partial charge on any atom is 0.187 e. The van der Waals surface area contributed by atoms with Crippen LogP contribution in [0.5, 0.6) is 0 Å². The molecule has 15 atom stereocenters. The molecule has 0 saturated carbocycles. The Hall–Kier alpha value is -1.29. The van der Waals surface area contributed by atoms with E-state index >= 15 is 0 Å². The topological polar surface area (TPSA) is 320 Å². The fourth-order valence-corrected chi connectivity index (χ4v) is 4.11. The van der Waals surface area contributed by atoms with E-state index in [2.05, 4.69) is 10.0 Å². The van der Waals surface area contributed by atoms with Gasteiger partial charge in [0.25, 0.3) is 0 Å². The quantitative estimate of drug-likeness (QED) is 0.0862. The largest absolute Gasteiger partial charge is 0.389 e. The lowest BCUT2D eigenvalue weighted by Gasteiger charge is -2.47. The zero-order valence-corrected chi connectivity index (χ0v) is 18.5. The van der Waals surface area contributed by atoms with Crippen LogP contribution in [0.3, 0.4) is 0 Å². The average Bonchev–Trinajstić information content (AvgIpc) is 2.83. The van der Waals surface area contributed by atoms with Gasteiger partial charge in [0.05, 0.1) is 24.8 Å². The van der Waals surface area contributed by atoms with E-state index in [9.17, 15) is 30.6 Å². The van der Waals surface area contributed by atoms with Crippen molar-refractivity contribution < 1.29 is 54.3 Å². The number of ether oxygens (including phenoxy) is 5. The van der Waals surface area contributed by atoms with E-state index < -0.39 is 92.1 Å². The smallest absolute Gasteiger partial charge is 0.187 e. The molecule has 0 spiro atoms. The van der Waals surface area contributed by atoms with Gasteiger partial charge >= 0.3 is 0 Å². The van der Waals surface area contributed by atoms with Crippen molar-refractivity contribution in [2.24, 2.45) is 28.0 Å². The third-order valence-electron chi connectivity index (χ3n) is 6.20. The van der Waals surface area contributed by atoms with Crippen LogP contribution in [0, 0.1) is 0 Å². The summed E-state index contributed by atoms with van der Waals surface area (Å²) in [7, 11) is 0. The van der Waals surface area contributed by atoms with E-state index in [4.69, 9.17) is 52.2 Å². The van der Waals surface area contributed by atoms with Crippen molar-refractivity contribution in [2.45, 2.75) is 92.1 Å². The fourth-order valence-electron chi connectivity index (χ4n) is 4.11. The van der Waals surface area contributed by atoms with Gasteiger partial charge in [0, 0.05) is 11.5 Å². The standard InChI is InChI=1S/C17H33N7O11/c18-1-3-7(26)9(28)10(29)17(31-3)34-13-11(30)12(14(20)35-15(13)21)33-16-8(27)5(19)6(25)4(32-16)2-23-24-22/h3-17,25-30H,1-2,18-21H2/t3?,4?,5-,6+,7-,8?,9?,10+,11?,12+,13+,14+,15?,16+,17-/m0/s1. The Morgan fingerprint density at radius 2 is 1.26 bits per heavy atom. The first kappa shape index (κ1) is 28.3. The molecule has 0 bridgehead atoms. The van der Waals surface area contributed by atoms with Crippen molar-refractivity contribution in [3.8, 4) is 0 Å². The summed E-state index contributed by atoms with van der Waals surface area (Å²) in [5.41, 5.74) is 31.7. The summed E-state index contributed by atoms with van der Waals surface area (Å²) < 4.78 is 27.4. The second kappa shape index (κ2) is 11.8. The van der Waals surface area contributed by atoms with Crippen molar-refractivity contribution in [1.82, 2.24) is 0 Å². The number of hydrogen-bond acceptors (Lipinski definition) is 16. The van der Waals surface area contributed by atoms with Crippen molar-refractivity contribution in [2.75, 3.05) is 13.1 Å². The first-order valence-electron chi connectivity index (χ1n) is 10.8. The summed E-state index contributed by atoms with van der Waals surface area (Å²) in [6.45, 7) is -0.533. The zero-order chi connectivity index (χ0) is 26.0. The molecule has 18 nitrogen and oxygen atoms in total. The molecule has 35 heavy (non-hydrogen) atoms. The Balaban J connectivity index is 1.73. The summed E-state index contributed by atoms with van der Waals surface area (Å²) in [5.74, 6) is 0. The molecule has 18 heteroatoms. The fraction of sp³-hybridized carbons (Fsp3) is 1.00. The van der Waals surface area contributed by atoms with Crippen molar-refractivity contribution in [3.05, 3.63) is 10.4 Å². The van der Waals surface area contributed by atoms with Crippen LogP contribution in [0.4, 0.5) is 0 Å². The Morgan fingerprint density at radius 1 is 0.714 bits per heavy atom. The maximum atomic E-state index is 10.9. The van der Waals surface area contributed by atoms with Crippen molar-refractivity contribution in [3.63, 3.8) is 0 Å². The highest BCUT2D eigenvalue weighted by atomic mass is 16.7. The summed E-state index contributed by atoms with van der Waals surface area (Å²) in [4.78, 5) is 2.58. The molecule has 3 fully saturated rings. The van der Waals surface area contributed by atoms with Crippen molar-refractivity contribution in [1.29, 1.82) is 0 Å². The minimum Gasteiger partial charge on any atom is -0.389 e. The molecular weight excluding hydrogens is 478 g/mol. The molecule has 3 aliphatic heterocycles. The van der Waals surface area contributed by atoms with E-state index in [-0.39, 0.29) is 13.1 Å². The van der Waals surface area contributed by atoms with Crippen molar-refractivity contribution >= 4 is 0 Å². The molecule has 3 rings (SSSR count). The van der Waals surface area contributed by atoms with Gasteiger partial charge < -0.3 is 77.3 Å². The van der Waals surface area contributed by atoms with Crippen LogP contribution in [0.15, 0.2) is 5.11 Å². The summed E-state index contributed by atoms with van der Waals surface area (Å²) in [6, 6.07) is -1.26. The number of nitrogens with two attached hydrogens (primary N) is 4. The van der Waals surface area contributed by atoms with E-state index in [1.807, 2.05) is 0 Å². The maximum absolute atomic E-state index is 10.9. The Labute approximate surface area is 198 Å². The zero-order valence-electron chi connectivity index (χ0n) is 18.5. The van der Waals surface area contributed by atoms with E-state index in [1.54, 1.807) is 0 Å². The molecule has 0 aromatic heterocycles. The van der Waals surface area contributed by atoms with Gasteiger partial charge in [0.1, 0.15) is 61.3 Å². The summed E-state index contributed by atoms with van der Waals surface area (Å²) in [5, 5.41) is 65.0. The van der Waals surface area contributed by atoms with E-state index in [0.717, 1.165) is 0 Å². The van der Waals surface area contributed by atoms with Crippen LogP contribution in [0.2, 0.25) is 0 Å². The number of hydrogen-bond donors (Lipinski definition) is 10. The highest BCUT2D eigenvalue weighted by Crippen LogP contribution is 2.30. The summed E-state index contributed by atoms with van der Waals surface area (Å²) >= 11 is 0. The van der Waals surface area contributed by atoms with Gasteiger partial charge in [-0.2, -0.15) is 0 Å². The molecule has 202 valence electrons. The number of aliphatic hydroxyl groups excluding tert-OH is 6. The lowest BCUT2D eigenvalue weighted by atomic mass is 9.96. The van der Waals surface area contributed by atoms with Gasteiger partial charge in [0.15, 0.2) is 12.6 Å². The van der Waals surface area contributed by atoms with Crippen LogP contribution < -0.4 is 22.9 Å². The van der Waals surface area contributed by atoms with Crippen LogP contribution >= 0.6 is 0 Å². The van der Waals surface area contributed by atoms with Gasteiger partial charge in [0.2, 0.25) is 0 Å². The van der Waals surface area contributed by atoms with Crippen LogP contribution in [0.1, 0.15) is 0 Å². The monoisotopic (exact) mass is 511 g/mol. The molecule has 0 aliphatic carbocycles. The highest BCUT2D eigenvalue weighted by Gasteiger charge is 2.52. The molecule has 0 aromatic rings. The van der Waals surface area contributed by atoms with Crippen LogP contribution in [0.25, 0.3) is 10.4 Å². The second-order valence-corrected chi connectivity index (χ2v) is 8.52. The minimum atomic E-state index is -1.73. The molecule has 14 N–H and O–H groups in total. The number of rotatable bonds is 7. The molecule has 0 radical (unpaired) electrons. The van der Waals surface area contributed by atoms with Crippen LogP contribution in [-0.4, -0.2) is 136 Å². The first-order chi connectivity index (χ1) is 16.5. The normalized spacial score (nSPS) is 51.0. The highest BCUT2D eigenvalue weighted by molar-refractivity contribution is 4.97. The minimum absolute atomic E-state index is 0.211. The van der Waals surface area contributed by atoms with Gasteiger partial charge in [-0.25, -0.2) is 0 Å². The lowest BCUT2D eigenvalue weighted by Crippen LogP contribution is -2.69. The lowest BCUT2D eigenvalue weighted by molar-refractivity contribution is -0.355. The third-order valence-corrected chi connectivity index (χ3v) is 6.20. The molecule has 6 unspecified atom stereocenters. The molecular formula is C17H33N7O11. The van der Waals surface area contributed by atoms with Gasteiger partial charge in [-0.15, -0.1) is 0 Å². The molecule has 3 heterocycles. The Kier molecular flexibility index (Phi) is 9.57. The predicted octanol–water partition coefficient (Wildman–Crippen LogP) is -6.43. The number of aliphatic hydroxyl groups is 6. The van der Waals surface area contributed by atoms with Crippen LogP contribution in [-0.2, 0) is 23.7 Å². The van der Waals surface area contributed by atoms with Gasteiger partial charge in [-0.1, -0.05) is 5.11 Å². The Morgan fingerprint density at radius 3 is 1.80 bits per heavy atom. The van der Waals surface area contributed by atoms with Gasteiger partial charge in [-0.3, -0.25) is 0 Å².